The molecule has 0 spiro atoms. The molecule has 7 aromatic carbocycles. The number of carbonyl (C=O) groups excluding carboxylic acids is 4. The Bertz CT molecular complexity index is 3220. The summed E-state index contributed by atoms with van der Waals surface area (Å²) in [5, 5.41) is 2.34. The van der Waals surface area contributed by atoms with Crippen molar-refractivity contribution in [1.29, 1.82) is 0 Å². The zero-order valence-corrected chi connectivity index (χ0v) is 52.2. The molecule has 2 fully saturated rings. The van der Waals surface area contributed by atoms with Gasteiger partial charge >= 0.3 is 523 Å². The van der Waals surface area contributed by atoms with E-state index in [0.29, 0.717) is 95.3 Å². The number of ether oxygens (including phenoxy) is 4. The molecule has 472 valence electrons. The summed E-state index contributed by atoms with van der Waals surface area (Å²) in [4.78, 5) is 58.8. The summed E-state index contributed by atoms with van der Waals surface area (Å²) < 4.78 is 138. The van der Waals surface area contributed by atoms with Crippen LogP contribution in [0.25, 0.3) is 0 Å². The molecule has 0 aliphatic heterocycles. The van der Waals surface area contributed by atoms with Crippen LogP contribution in [-0.4, -0.2) is 72.0 Å². The van der Waals surface area contributed by atoms with Crippen LogP contribution in [0.2, 0.25) is 0 Å². The number of methoxy groups -OCH3 is 4. The molecule has 0 heterocycles. The Morgan fingerprint density at radius 1 is 0.389 bits per heavy atom. The zero-order valence-electron chi connectivity index (χ0n) is 50.4. The fraction of sp³-hybridized carbons (Fsp3) is 0.286. The molecule has 0 unspecified atom stereocenters. The summed E-state index contributed by atoms with van der Waals surface area (Å²) in [5.74, 6) is -6.22. The van der Waals surface area contributed by atoms with E-state index >= 15 is 26.3 Å². The third kappa shape index (κ3) is 13.0. The standard InChI is InChI=1S/C70H71BF6O11P2/c1-82-65(78)63(66(79)83-2)61(50-29-13-5-14-30-50)48-89(55-33-17-7-18-34-55,56-35-19-8-20-36-56,57-37-21-9-22-38-57)87-71(86-54-46-52(69(72,73)74)45-53(47-54)70(75,76)77)88-90(58-39-23-10-24-40-58,59-41-25-11-26-42-59,60-43-27-12-28-44-60)49-62(51-31-15-6-16-32-51)64(67(80)84-3)68(81)85-4/h7-12,17-28,33-47,50-51H,5-6,13-16,29-32,48-49H2,1-4H3. The summed E-state index contributed by atoms with van der Waals surface area (Å²) in [6.07, 6.45) is -5.36. The third-order valence-corrected chi connectivity index (χ3v) is 29.1. The molecule has 20 heteroatoms. The number of carbonyl (C=O) groups is 4. The monoisotopic (exact) mass is 1270 g/mol. The third-order valence-electron chi connectivity index (χ3n) is 17.6. The molecule has 0 saturated heterocycles. The predicted molar refractivity (Wildman–Crippen MR) is 340 cm³/mol. The second-order valence-corrected chi connectivity index (χ2v) is 31.6. The number of benzene rings is 7. The van der Waals surface area contributed by atoms with Crippen molar-refractivity contribution in [2.45, 2.75) is 76.6 Å². The summed E-state index contributed by atoms with van der Waals surface area (Å²) in [6, 6.07) is 53.8. The van der Waals surface area contributed by atoms with Gasteiger partial charge in [0.25, 0.3) is 0 Å². The van der Waals surface area contributed by atoms with E-state index in [2.05, 4.69) is 0 Å². The Kier molecular flexibility index (Phi) is 20.8. The average molecular weight is 1280 g/mol. The van der Waals surface area contributed by atoms with Gasteiger partial charge in [0.15, 0.2) is 0 Å². The molecule has 0 aromatic heterocycles. The fourth-order valence-corrected chi connectivity index (χ4v) is 25.1. The van der Waals surface area contributed by atoms with E-state index < -0.39 is 109 Å². The van der Waals surface area contributed by atoms with Crippen LogP contribution < -0.4 is 36.5 Å². The molecule has 0 N–H and O–H groups in total. The molecular weight excluding hydrogens is 1200 g/mol. The molecule has 2 saturated carbocycles. The van der Waals surface area contributed by atoms with Crippen LogP contribution in [0.5, 0.6) is 5.75 Å². The number of allylic oxidation sites excluding steroid dienone is 2. The summed E-state index contributed by atoms with van der Waals surface area (Å²) in [6.45, 7) is -11.2. The molecule has 0 bridgehead atoms. The first kappa shape index (κ1) is 66.5. The van der Waals surface area contributed by atoms with Crippen LogP contribution in [0, 0.1) is 11.8 Å². The van der Waals surface area contributed by atoms with Crippen molar-refractivity contribution in [2.75, 3.05) is 40.8 Å². The number of hydrogen-bond donors (Lipinski definition) is 0. The minimum absolute atomic E-state index is 0.00971. The van der Waals surface area contributed by atoms with Crippen molar-refractivity contribution in [3.05, 3.63) is 234 Å². The topological polar surface area (TPSA) is 133 Å². The molecular formula is C70H71BF6O11P2. The molecule has 90 heavy (non-hydrogen) atoms. The van der Waals surface area contributed by atoms with Crippen LogP contribution in [0.1, 0.15) is 75.3 Å². The van der Waals surface area contributed by atoms with E-state index in [0.717, 1.165) is 41.3 Å². The molecule has 9 rings (SSSR count). The van der Waals surface area contributed by atoms with Gasteiger partial charge in [0.05, 0.1) is 0 Å². The maximum absolute atomic E-state index is 15.4. The number of hydrogen-bond acceptors (Lipinski definition) is 11. The second kappa shape index (κ2) is 28.1. The van der Waals surface area contributed by atoms with E-state index in [1.54, 1.807) is 182 Å². The van der Waals surface area contributed by atoms with Crippen LogP contribution in [0.4, 0.5) is 26.3 Å². The van der Waals surface area contributed by atoms with Gasteiger partial charge in [-0.3, -0.25) is 0 Å². The predicted octanol–water partition coefficient (Wildman–Crippen LogP) is 13.5. The van der Waals surface area contributed by atoms with Crippen LogP contribution >= 0.6 is 13.7 Å². The Balaban J connectivity index is 1.56. The van der Waals surface area contributed by atoms with Gasteiger partial charge < -0.3 is 0 Å². The van der Waals surface area contributed by atoms with Crippen molar-refractivity contribution in [2.24, 2.45) is 11.8 Å². The Morgan fingerprint density at radius 2 is 0.633 bits per heavy atom. The molecule has 0 radical (unpaired) electrons. The number of alkyl halides is 6. The van der Waals surface area contributed by atoms with Gasteiger partial charge in [-0.05, 0) is 0 Å². The summed E-state index contributed by atoms with van der Waals surface area (Å²) in [5.41, 5.74) is -3.80. The second-order valence-electron chi connectivity index (χ2n) is 22.6. The normalized spacial score (nSPS) is 15.1. The molecule has 2 aliphatic carbocycles. The first-order valence-electron chi connectivity index (χ1n) is 29.8. The number of esters is 4. The van der Waals surface area contributed by atoms with Crippen molar-refractivity contribution in [3.8, 4) is 5.75 Å². The van der Waals surface area contributed by atoms with Crippen molar-refractivity contribution < 1.29 is 78.0 Å². The van der Waals surface area contributed by atoms with E-state index in [9.17, 15) is 19.2 Å². The van der Waals surface area contributed by atoms with Gasteiger partial charge in [0, 0.05) is 0 Å². The molecule has 0 atom stereocenters. The molecule has 0 amide bonds. The fourth-order valence-electron chi connectivity index (χ4n) is 13.4. The molecule has 2 aliphatic rings. The number of rotatable bonds is 22. The van der Waals surface area contributed by atoms with Gasteiger partial charge in [0.1, 0.15) is 0 Å². The van der Waals surface area contributed by atoms with Gasteiger partial charge in [0.2, 0.25) is 0 Å². The Hall–Kier alpha value is -7.88. The first-order valence-corrected chi connectivity index (χ1v) is 34.4. The molecule has 11 nitrogen and oxygen atoms in total. The summed E-state index contributed by atoms with van der Waals surface area (Å²) >= 11 is 0. The quantitative estimate of drug-likeness (QED) is 0.00939. The summed E-state index contributed by atoms with van der Waals surface area (Å²) in [7, 11) is 2.03. The van der Waals surface area contributed by atoms with E-state index in [1.165, 1.54) is 0 Å². The van der Waals surface area contributed by atoms with Crippen molar-refractivity contribution in [1.82, 2.24) is 0 Å². The van der Waals surface area contributed by atoms with Crippen LogP contribution in [0.15, 0.2) is 222 Å². The van der Waals surface area contributed by atoms with Crippen molar-refractivity contribution >= 4 is 76.7 Å². The first-order chi connectivity index (χ1) is 43.3. The van der Waals surface area contributed by atoms with Crippen LogP contribution in [0.3, 0.4) is 0 Å². The zero-order chi connectivity index (χ0) is 64.2. The Morgan fingerprint density at radius 3 is 0.856 bits per heavy atom. The van der Waals surface area contributed by atoms with Gasteiger partial charge in [-0.2, -0.15) is 0 Å². The van der Waals surface area contributed by atoms with E-state index in [4.69, 9.17) is 32.5 Å². The van der Waals surface area contributed by atoms with Crippen molar-refractivity contribution in [3.63, 3.8) is 0 Å². The maximum atomic E-state index is 15.4. The Labute approximate surface area is 520 Å². The molecule has 7 aromatic rings. The van der Waals surface area contributed by atoms with Crippen LogP contribution in [-0.2, 0) is 59.4 Å². The van der Waals surface area contributed by atoms with E-state index in [1.807, 2.05) is 0 Å². The number of halogens is 6. The SMILES string of the molecule is COC(=O)C(C(=O)OC)=C(CP(OB(Oc1cc(C(F)(F)F)cc(C(F)(F)F)c1)OP(CC(=C(C(=O)OC)C(=O)OC)C1CCCCC1)(c1ccccc1)(c1ccccc1)c1ccccc1)(c1ccccc1)(c1ccccc1)c1ccccc1)C1CCCCC1. The van der Waals surface area contributed by atoms with Gasteiger partial charge in [-0.15, -0.1) is 0 Å². The average Bonchev–Trinajstić information content (AvgIpc) is 0.689. The van der Waals surface area contributed by atoms with Gasteiger partial charge in [-0.1, -0.05) is 0 Å². The minimum atomic E-state index is -5.58. The van der Waals surface area contributed by atoms with E-state index in [-0.39, 0.29) is 17.2 Å². The van der Waals surface area contributed by atoms with Gasteiger partial charge in [-0.25, -0.2) is 0 Å².